The van der Waals surface area contributed by atoms with Gasteiger partial charge in [0.2, 0.25) is 0 Å². The fraction of sp³-hybridized carbons (Fsp3) is 0.357. The number of carbonyl (C=O) groups is 1. The Kier molecular flexibility index (Phi) is 7.15. The van der Waals surface area contributed by atoms with Crippen molar-refractivity contribution in [3.63, 3.8) is 0 Å². The molecule has 0 radical (unpaired) electrons. The number of pyridine rings is 1. The van der Waals surface area contributed by atoms with Crippen molar-refractivity contribution in [2.24, 2.45) is 0 Å². The molecule has 2 aromatic carbocycles. The molecule has 0 aliphatic heterocycles. The number of aryl methyl sites for hydroxylation is 2. The fourth-order valence-electron chi connectivity index (χ4n) is 4.93. The van der Waals surface area contributed by atoms with Gasteiger partial charge in [0.1, 0.15) is 5.54 Å². The Balaban J connectivity index is 1.89. The second kappa shape index (κ2) is 10.1. The third-order valence-corrected chi connectivity index (χ3v) is 6.55. The Morgan fingerprint density at radius 3 is 2.29 bits per heavy atom. The molecule has 1 fully saturated rings. The molecular weight excluding hydrogens is 451 g/mol. The van der Waals surface area contributed by atoms with Crippen LogP contribution in [0, 0.1) is 13.8 Å². The molecule has 0 bridgehead atoms. The third-order valence-electron chi connectivity index (χ3n) is 6.55. The Bertz CT molecular complexity index is 1150. The molecule has 35 heavy (non-hydrogen) atoms. The van der Waals surface area contributed by atoms with Crippen LogP contribution in [0.2, 0.25) is 0 Å². The maximum atomic E-state index is 13.7. The first-order valence-corrected chi connectivity index (χ1v) is 11.9. The largest absolute Gasteiger partial charge is 0.416 e. The van der Waals surface area contributed by atoms with Crippen LogP contribution in [0.3, 0.4) is 0 Å². The van der Waals surface area contributed by atoms with E-state index in [4.69, 9.17) is 4.98 Å². The number of nitrogens with one attached hydrogen (secondary N) is 2. The van der Waals surface area contributed by atoms with Crippen molar-refractivity contribution < 1.29 is 18.0 Å². The normalized spacial score (nSPS) is 16.0. The van der Waals surface area contributed by atoms with Crippen LogP contribution >= 0.6 is 0 Å². The highest BCUT2D eigenvalue weighted by Crippen LogP contribution is 2.37. The number of urea groups is 1. The molecule has 184 valence electrons. The van der Waals surface area contributed by atoms with E-state index < -0.39 is 23.3 Å². The van der Waals surface area contributed by atoms with E-state index in [2.05, 4.69) is 10.6 Å². The maximum absolute atomic E-state index is 13.7. The van der Waals surface area contributed by atoms with Crippen LogP contribution in [-0.4, -0.2) is 17.1 Å². The van der Waals surface area contributed by atoms with Gasteiger partial charge in [0, 0.05) is 18.2 Å². The minimum atomic E-state index is -4.52. The van der Waals surface area contributed by atoms with Gasteiger partial charge in [-0.3, -0.25) is 4.98 Å². The molecule has 1 unspecified atom stereocenters. The number of hydrogen-bond donors (Lipinski definition) is 2. The highest BCUT2D eigenvalue weighted by Gasteiger charge is 2.40. The topological polar surface area (TPSA) is 54.0 Å². The fourth-order valence-corrected chi connectivity index (χ4v) is 4.93. The van der Waals surface area contributed by atoms with Crippen LogP contribution in [0.4, 0.5) is 18.0 Å². The van der Waals surface area contributed by atoms with Gasteiger partial charge in [0.05, 0.1) is 11.3 Å². The smallest absolute Gasteiger partial charge is 0.335 e. The first-order chi connectivity index (χ1) is 16.7. The van der Waals surface area contributed by atoms with Gasteiger partial charge in [-0.2, -0.15) is 13.2 Å². The first-order valence-electron chi connectivity index (χ1n) is 11.9. The van der Waals surface area contributed by atoms with Gasteiger partial charge in [-0.05, 0) is 67.6 Å². The van der Waals surface area contributed by atoms with E-state index in [-0.39, 0.29) is 12.5 Å². The molecule has 4 nitrogen and oxygen atoms in total. The predicted molar refractivity (Wildman–Crippen MR) is 130 cm³/mol. The lowest BCUT2D eigenvalue weighted by Crippen LogP contribution is -2.54. The lowest BCUT2D eigenvalue weighted by atomic mass is 9.79. The second-order valence-corrected chi connectivity index (χ2v) is 9.40. The summed E-state index contributed by atoms with van der Waals surface area (Å²) in [5.41, 5.74) is 1.25. The number of amides is 2. The molecule has 0 spiro atoms. The highest BCUT2D eigenvalue weighted by molar-refractivity contribution is 5.76. The number of carbonyl (C=O) groups excluding carboxylic acids is 1. The summed E-state index contributed by atoms with van der Waals surface area (Å²) in [6.45, 7) is 3.75. The van der Waals surface area contributed by atoms with Crippen molar-refractivity contribution in [3.8, 4) is 0 Å². The number of halogens is 3. The van der Waals surface area contributed by atoms with Gasteiger partial charge in [-0.1, -0.05) is 55.3 Å². The number of nitrogens with zero attached hydrogens (tertiary/aromatic N) is 1. The molecule has 2 amide bonds. The zero-order valence-electron chi connectivity index (χ0n) is 20.0. The lowest BCUT2D eigenvalue weighted by molar-refractivity contribution is -0.137. The highest BCUT2D eigenvalue weighted by atomic mass is 19.4. The van der Waals surface area contributed by atoms with E-state index in [0.29, 0.717) is 11.3 Å². The van der Waals surface area contributed by atoms with Crippen LogP contribution in [-0.2, 0) is 18.1 Å². The van der Waals surface area contributed by atoms with Crippen LogP contribution in [0.15, 0.2) is 66.7 Å². The van der Waals surface area contributed by atoms with Crippen molar-refractivity contribution in [2.45, 2.75) is 63.7 Å². The van der Waals surface area contributed by atoms with E-state index in [9.17, 15) is 18.0 Å². The van der Waals surface area contributed by atoms with Crippen molar-refractivity contribution in [1.82, 2.24) is 15.6 Å². The molecule has 0 saturated heterocycles. The van der Waals surface area contributed by atoms with Gasteiger partial charge >= 0.3 is 12.2 Å². The SMILES string of the molecule is Cc1cc(C)nc(C(Cc2ccccc2)(NC(=O)NC2CCCC2)c2cccc(C(F)(F)F)c2)c1. The third kappa shape index (κ3) is 5.84. The summed E-state index contributed by atoms with van der Waals surface area (Å²) in [6, 6.07) is 18.0. The molecule has 4 rings (SSSR count). The van der Waals surface area contributed by atoms with E-state index in [0.717, 1.165) is 54.6 Å². The molecule has 3 aromatic rings. The molecule has 1 atom stereocenters. The van der Waals surface area contributed by atoms with Gasteiger partial charge < -0.3 is 10.6 Å². The second-order valence-electron chi connectivity index (χ2n) is 9.40. The standard InChI is InChI=1S/C28H30F3N3O/c1-19-15-20(2)32-25(16-19)27(18-21-9-4-3-5-10-21,34-26(35)33-24-13-6-7-14-24)22-11-8-12-23(17-22)28(29,30)31/h3-5,8-12,15-17,24H,6-7,13-14,18H2,1-2H3,(H2,33,34,35). The molecule has 1 aliphatic rings. The predicted octanol–water partition coefficient (Wildman–Crippen LogP) is 6.45. The number of aromatic nitrogens is 1. The molecule has 7 heteroatoms. The van der Waals surface area contributed by atoms with E-state index in [1.165, 1.54) is 6.07 Å². The summed E-state index contributed by atoms with van der Waals surface area (Å²) in [6.07, 6.45) is -0.395. The maximum Gasteiger partial charge on any atom is 0.416 e. The summed E-state index contributed by atoms with van der Waals surface area (Å²) < 4.78 is 41.2. The average Bonchev–Trinajstić information content (AvgIpc) is 3.31. The van der Waals surface area contributed by atoms with Crippen LogP contribution in [0.25, 0.3) is 0 Å². The molecule has 1 aromatic heterocycles. The Hall–Kier alpha value is -3.35. The minimum Gasteiger partial charge on any atom is -0.335 e. The number of hydrogen-bond acceptors (Lipinski definition) is 2. The molecule has 1 heterocycles. The Morgan fingerprint density at radius 2 is 1.63 bits per heavy atom. The van der Waals surface area contributed by atoms with Crippen molar-refractivity contribution in [1.29, 1.82) is 0 Å². The number of benzene rings is 2. The van der Waals surface area contributed by atoms with Crippen molar-refractivity contribution in [3.05, 3.63) is 100 Å². The lowest BCUT2D eigenvalue weighted by Gasteiger charge is -2.36. The van der Waals surface area contributed by atoms with Crippen LogP contribution in [0.1, 0.15) is 59.3 Å². The van der Waals surface area contributed by atoms with Gasteiger partial charge in [-0.25, -0.2) is 4.79 Å². The first kappa shape index (κ1) is 24.8. The van der Waals surface area contributed by atoms with Gasteiger partial charge in [0.25, 0.3) is 0 Å². The summed E-state index contributed by atoms with van der Waals surface area (Å²) in [7, 11) is 0. The van der Waals surface area contributed by atoms with E-state index in [1.807, 2.05) is 56.3 Å². The molecule has 1 saturated carbocycles. The summed E-state index contributed by atoms with van der Waals surface area (Å²) in [5.74, 6) is 0. The Morgan fingerprint density at radius 1 is 0.943 bits per heavy atom. The van der Waals surface area contributed by atoms with Crippen LogP contribution in [0.5, 0.6) is 0 Å². The Labute approximate surface area is 204 Å². The number of alkyl halides is 3. The average molecular weight is 482 g/mol. The number of rotatable bonds is 6. The summed E-state index contributed by atoms with van der Waals surface area (Å²) in [4.78, 5) is 18.1. The van der Waals surface area contributed by atoms with Crippen molar-refractivity contribution in [2.75, 3.05) is 0 Å². The van der Waals surface area contributed by atoms with Gasteiger partial charge in [-0.15, -0.1) is 0 Å². The van der Waals surface area contributed by atoms with E-state index in [1.54, 1.807) is 6.07 Å². The van der Waals surface area contributed by atoms with E-state index >= 15 is 0 Å². The molecular formula is C28H30F3N3O. The van der Waals surface area contributed by atoms with Crippen molar-refractivity contribution >= 4 is 6.03 Å². The van der Waals surface area contributed by atoms with Gasteiger partial charge in [0.15, 0.2) is 0 Å². The molecule has 1 aliphatic carbocycles. The monoisotopic (exact) mass is 481 g/mol. The summed E-state index contributed by atoms with van der Waals surface area (Å²) >= 11 is 0. The quantitative estimate of drug-likeness (QED) is 0.425. The zero-order valence-corrected chi connectivity index (χ0v) is 20.0. The minimum absolute atomic E-state index is 0.0538. The molecule has 2 N–H and O–H groups in total. The van der Waals surface area contributed by atoms with Crippen LogP contribution < -0.4 is 10.6 Å². The summed E-state index contributed by atoms with van der Waals surface area (Å²) in [5, 5.41) is 6.13. The zero-order chi connectivity index (χ0) is 25.1.